The molecule has 1 heterocycles. The van der Waals surface area contributed by atoms with Crippen molar-refractivity contribution in [3.63, 3.8) is 0 Å². The van der Waals surface area contributed by atoms with Crippen molar-refractivity contribution in [3.05, 3.63) is 72.1 Å². The van der Waals surface area contributed by atoms with Gasteiger partial charge in [0, 0.05) is 18.9 Å². The Morgan fingerprint density at radius 2 is 1.90 bits per heavy atom. The van der Waals surface area contributed by atoms with E-state index in [1.807, 2.05) is 54.6 Å². The molecular weight excluding hydrogens is 252 g/mol. The highest BCUT2D eigenvalue weighted by Crippen LogP contribution is 2.00. The van der Waals surface area contributed by atoms with Crippen molar-refractivity contribution in [3.8, 4) is 0 Å². The molecule has 4 nitrogen and oxygen atoms in total. The fourth-order valence-corrected chi connectivity index (χ4v) is 1.59. The molecule has 2 aromatic rings. The van der Waals surface area contributed by atoms with Crippen LogP contribution in [0.15, 0.2) is 60.9 Å². The van der Waals surface area contributed by atoms with Gasteiger partial charge in [0.2, 0.25) is 0 Å². The van der Waals surface area contributed by atoms with Gasteiger partial charge in [-0.05, 0) is 23.3 Å². The van der Waals surface area contributed by atoms with Crippen molar-refractivity contribution in [2.75, 3.05) is 6.54 Å². The molecule has 4 heteroatoms. The molecule has 2 rings (SSSR count). The number of nitrogens with zero attached hydrogens (tertiary/aromatic N) is 1. The molecule has 0 fully saturated rings. The minimum atomic E-state index is -0.423. The summed E-state index contributed by atoms with van der Waals surface area (Å²) >= 11 is 0. The lowest BCUT2D eigenvalue weighted by Gasteiger charge is -2.05. The van der Waals surface area contributed by atoms with Gasteiger partial charge in [-0.1, -0.05) is 42.5 Å². The molecule has 0 spiro atoms. The predicted octanol–water partition coefficient (Wildman–Crippen LogP) is 3.02. The first-order chi connectivity index (χ1) is 9.84. The maximum Gasteiger partial charge on any atom is 0.407 e. The Hall–Kier alpha value is -2.62. The number of benzene rings is 1. The minimum Gasteiger partial charge on any atom is -0.445 e. The van der Waals surface area contributed by atoms with E-state index in [0.717, 1.165) is 11.1 Å². The van der Waals surface area contributed by atoms with Gasteiger partial charge in [-0.25, -0.2) is 4.79 Å². The van der Waals surface area contributed by atoms with E-state index >= 15 is 0 Å². The van der Waals surface area contributed by atoms with Crippen LogP contribution < -0.4 is 5.32 Å². The summed E-state index contributed by atoms with van der Waals surface area (Å²) in [5, 5.41) is 2.66. The van der Waals surface area contributed by atoms with Crippen molar-refractivity contribution in [2.45, 2.75) is 6.61 Å². The summed E-state index contributed by atoms with van der Waals surface area (Å²) in [5.41, 5.74) is 2.01. The van der Waals surface area contributed by atoms with E-state index in [4.69, 9.17) is 4.74 Å². The van der Waals surface area contributed by atoms with Crippen molar-refractivity contribution >= 4 is 12.2 Å². The number of hydrogen-bond acceptors (Lipinski definition) is 3. The zero-order chi connectivity index (χ0) is 14.0. The molecule has 0 radical (unpaired) electrons. The van der Waals surface area contributed by atoms with E-state index < -0.39 is 6.09 Å². The summed E-state index contributed by atoms with van der Waals surface area (Å²) in [7, 11) is 0. The van der Waals surface area contributed by atoms with Crippen LogP contribution in [0, 0.1) is 0 Å². The molecule has 1 aromatic carbocycles. The summed E-state index contributed by atoms with van der Waals surface area (Å²) in [6, 6.07) is 13.4. The topological polar surface area (TPSA) is 51.2 Å². The van der Waals surface area contributed by atoms with Gasteiger partial charge in [0.1, 0.15) is 6.61 Å². The molecule has 102 valence electrons. The number of rotatable bonds is 5. The molecule has 1 amide bonds. The van der Waals surface area contributed by atoms with E-state index in [2.05, 4.69) is 10.3 Å². The predicted molar refractivity (Wildman–Crippen MR) is 77.9 cm³/mol. The molecule has 1 aromatic heterocycles. The number of amides is 1. The molecule has 0 unspecified atom stereocenters. The second-order valence-corrected chi connectivity index (χ2v) is 4.13. The average Bonchev–Trinajstić information content (AvgIpc) is 2.52. The highest BCUT2D eigenvalue weighted by molar-refractivity contribution is 5.67. The third-order valence-corrected chi connectivity index (χ3v) is 2.59. The standard InChI is InChI=1S/C16H16N2O2/c19-16(20-13-15-5-2-1-3-6-15)18-10-4-7-14-8-11-17-12-9-14/h1-9,11-12H,10,13H2,(H,18,19). The van der Waals surface area contributed by atoms with Crippen LogP contribution in [0.4, 0.5) is 4.79 Å². The Morgan fingerprint density at radius 1 is 1.15 bits per heavy atom. The number of ether oxygens (including phenoxy) is 1. The first kappa shape index (κ1) is 13.8. The Kier molecular flexibility index (Phi) is 5.34. The molecule has 0 saturated heterocycles. The Morgan fingerprint density at radius 3 is 2.65 bits per heavy atom. The number of pyridine rings is 1. The molecule has 0 aliphatic carbocycles. The van der Waals surface area contributed by atoms with E-state index in [1.165, 1.54) is 0 Å². The summed E-state index contributed by atoms with van der Waals surface area (Å²) < 4.78 is 5.09. The third-order valence-electron chi connectivity index (χ3n) is 2.59. The van der Waals surface area contributed by atoms with Crippen LogP contribution in [-0.2, 0) is 11.3 Å². The van der Waals surface area contributed by atoms with Gasteiger partial charge in [0.15, 0.2) is 0 Å². The Bertz CT molecular complexity index is 553. The van der Waals surface area contributed by atoms with Crippen molar-refractivity contribution < 1.29 is 9.53 Å². The van der Waals surface area contributed by atoms with Crippen LogP contribution in [0.25, 0.3) is 6.08 Å². The molecular formula is C16H16N2O2. The summed E-state index contributed by atoms with van der Waals surface area (Å²) in [6.07, 6.45) is 6.80. The SMILES string of the molecule is O=C(NCC=Cc1ccncc1)OCc1ccccc1. The number of carbonyl (C=O) groups is 1. The van der Waals surface area contributed by atoms with Gasteiger partial charge in [0.05, 0.1) is 0 Å². The van der Waals surface area contributed by atoms with Gasteiger partial charge < -0.3 is 10.1 Å². The second-order valence-electron chi connectivity index (χ2n) is 4.13. The highest BCUT2D eigenvalue weighted by Gasteiger charge is 1.99. The zero-order valence-corrected chi connectivity index (χ0v) is 11.0. The fraction of sp³-hybridized carbons (Fsp3) is 0.125. The summed E-state index contributed by atoms with van der Waals surface area (Å²) in [6.45, 7) is 0.705. The van der Waals surface area contributed by atoms with Crippen LogP contribution in [0.5, 0.6) is 0 Å². The van der Waals surface area contributed by atoms with Crippen molar-refractivity contribution in [1.82, 2.24) is 10.3 Å². The average molecular weight is 268 g/mol. The Balaban J connectivity index is 1.67. The van der Waals surface area contributed by atoms with E-state index in [9.17, 15) is 4.79 Å². The second kappa shape index (κ2) is 7.74. The molecule has 0 aliphatic rings. The van der Waals surface area contributed by atoms with Crippen LogP contribution in [0.3, 0.4) is 0 Å². The Labute approximate surface area is 118 Å². The third kappa shape index (κ3) is 4.94. The number of carbonyl (C=O) groups excluding carboxylic acids is 1. The molecule has 0 bridgehead atoms. The first-order valence-corrected chi connectivity index (χ1v) is 6.36. The zero-order valence-electron chi connectivity index (χ0n) is 11.0. The summed E-state index contributed by atoms with van der Waals surface area (Å²) in [5.74, 6) is 0. The lowest BCUT2D eigenvalue weighted by Crippen LogP contribution is -2.24. The van der Waals surface area contributed by atoms with Crippen LogP contribution in [-0.4, -0.2) is 17.6 Å². The van der Waals surface area contributed by atoms with Gasteiger partial charge in [-0.3, -0.25) is 4.98 Å². The maximum absolute atomic E-state index is 11.5. The van der Waals surface area contributed by atoms with Crippen LogP contribution >= 0.6 is 0 Å². The molecule has 0 atom stereocenters. The minimum absolute atomic E-state index is 0.279. The van der Waals surface area contributed by atoms with Crippen LogP contribution in [0.2, 0.25) is 0 Å². The number of nitrogens with one attached hydrogen (secondary N) is 1. The number of aromatic nitrogens is 1. The molecule has 0 saturated carbocycles. The normalized spacial score (nSPS) is 10.4. The number of alkyl carbamates (subject to hydrolysis) is 1. The molecule has 0 aliphatic heterocycles. The number of hydrogen-bond donors (Lipinski definition) is 1. The smallest absolute Gasteiger partial charge is 0.407 e. The first-order valence-electron chi connectivity index (χ1n) is 6.36. The van der Waals surface area contributed by atoms with Gasteiger partial charge in [-0.2, -0.15) is 0 Å². The largest absolute Gasteiger partial charge is 0.445 e. The quantitative estimate of drug-likeness (QED) is 0.906. The van der Waals surface area contributed by atoms with Crippen molar-refractivity contribution in [2.24, 2.45) is 0 Å². The monoisotopic (exact) mass is 268 g/mol. The fourth-order valence-electron chi connectivity index (χ4n) is 1.59. The van der Waals surface area contributed by atoms with Crippen molar-refractivity contribution in [1.29, 1.82) is 0 Å². The summed E-state index contributed by atoms with van der Waals surface area (Å²) in [4.78, 5) is 15.4. The maximum atomic E-state index is 11.5. The molecule has 20 heavy (non-hydrogen) atoms. The van der Waals surface area contributed by atoms with Gasteiger partial charge in [0.25, 0.3) is 0 Å². The van der Waals surface area contributed by atoms with Crippen LogP contribution in [0.1, 0.15) is 11.1 Å². The van der Waals surface area contributed by atoms with E-state index in [1.54, 1.807) is 12.4 Å². The van der Waals surface area contributed by atoms with E-state index in [-0.39, 0.29) is 6.61 Å². The van der Waals surface area contributed by atoms with E-state index in [0.29, 0.717) is 6.54 Å². The highest BCUT2D eigenvalue weighted by atomic mass is 16.5. The van der Waals surface area contributed by atoms with Gasteiger partial charge in [-0.15, -0.1) is 0 Å². The lowest BCUT2D eigenvalue weighted by atomic mass is 10.2. The molecule has 1 N–H and O–H groups in total. The lowest BCUT2D eigenvalue weighted by molar-refractivity contribution is 0.141. The van der Waals surface area contributed by atoms with Gasteiger partial charge >= 0.3 is 6.09 Å².